The minimum atomic E-state index is -0.0714. The van der Waals surface area contributed by atoms with E-state index < -0.39 is 0 Å². The molecule has 0 aliphatic carbocycles. The highest BCUT2D eigenvalue weighted by atomic mass is 32.2. The summed E-state index contributed by atoms with van der Waals surface area (Å²) in [7, 11) is 5.22. The molecule has 2 amide bonds. The Morgan fingerprint density at radius 1 is 1.26 bits per heavy atom. The lowest BCUT2D eigenvalue weighted by molar-refractivity contribution is -0.118. The highest BCUT2D eigenvalue weighted by Crippen LogP contribution is 2.23. The molecule has 0 aliphatic heterocycles. The number of thioether (sulfide) groups is 1. The number of likely N-dealkylation sites (N-methyl/N-ethyl adjacent to an activating group) is 2. The van der Waals surface area contributed by atoms with Crippen LogP contribution in [0.2, 0.25) is 0 Å². The number of hydrogen-bond acceptors (Lipinski definition) is 5. The van der Waals surface area contributed by atoms with Crippen LogP contribution in [-0.2, 0) is 9.53 Å². The lowest BCUT2D eigenvalue weighted by Gasteiger charge is -2.18. The van der Waals surface area contributed by atoms with E-state index in [-0.39, 0.29) is 17.6 Å². The Bertz CT molecular complexity index is 511. The third-order valence-electron chi connectivity index (χ3n) is 3.15. The van der Waals surface area contributed by atoms with Gasteiger partial charge in [-0.1, -0.05) is 12.1 Å². The van der Waals surface area contributed by atoms with Gasteiger partial charge in [0.25, 0.3) is 5.91 Å². The average molecular weight is 339 g/mol. The van der Waals surface area contributed by atoms with Crippen molar-refractivity contribution in [3.05, 3.63) is 29.8 Å². The van der Waals surface area contributed by atoms with Crippen LogP contribution in [0.4, 0.5) is 0 Å². The van der Waals surface area contributed by atoms with Crippen molar-refractivity contribution in [2.24, 2.45) is 0 Å². The van der Waals surface area contributed by atoms with Gasteiger partial charge in [0, 0.05) is 38.7 Å². The number of nitrogens with one attached hydrogen (secondary N) is 2. The molecule has 1 aromatic rings. The number of methoxy groups -OCH3 is 1. The van der Waals surface area contributed by atoms with E-state index >= 15 is 0 Å². The standard InChI is InChI=1S/C16H25N3O3S/c1-17-8-10-19(2)16(21)13-6-4-5-7-14(13)23-12-15(20)18-9-11-22-3/h4-7,17H,8-12H2,1-3H3,(H,18,20). The summed E-state index contributed by atoms with van der Waals surface area (Å²) in [6, 6.07) is 7.37. The summed E-state index contributed by atoms with van der Waals surface area (Å²) in [5, 5.41) is 5.79. The van der Waals surface area contributed by atoms with Crippen LogP contribution >= 0.6 is 11.8 Å². The first kappa shape index (κ1) is 19.5. The molecule has 0 heterocycles. The van der Waals surface area contributed by atoms with Crippen LogP contribution in [-0.4, -0.2) is 69.9 Å². The second kappa shape index (κ2) is 11.0. The smallest absolute Gasteiger partial charge is 0.254 e. The lowest BCUT2D eigenvalue weighted by atomic mass is 10.2. The van der Waals surface area contributed by atoms with Gasteiger partial charge in [-0.25, -0.2) is 0 Å². The van der Waals surface area contributed by atoms with E-state index in [1.807, 2.05) is 25.2 Å². The molecule has 1 rings (SSSR count). The summed E-state index contributed by atoms with van der Waals surface area (Å²) in [5.41, 5.74) is 0.626. The monoisotopic (exact) mass is 339 g/mol. The maximum absolute atomic E-state index is 12.5. The van der Waals surface area contributed by atoms with E-state index in [0.29, 0.717) is 25.3 Å². The Hall–Kier alpha value is -1.57. The molecule has 0 spiro atoms. The van der Waals surface area contributed by atoms with Crippen molar-refractivity contribution < 1.29 is 14.3 Å². The minimum absolute atomic E-state index is 0.0388. The van der Waals surface area contributed by atoms with Gasteiger partial charge in [0.05, 0.1) is 17.9 Å². The van der Waals surface area contributed by atoms with E-state index in [9.17, 15) is 9.59 Å². The fourth-order valence-electron chi connectivity index (χ4n) is 1.84. The second-order valence-corrected chi connectivity index (χ2v) is 5.98. The van der Waals surface area contributed by atoms with E-state index in [2.05, 4.69) is 10.6 Å². The van der Waals surface area contributed by atoms with Crippen molar-refractivity contribution in [1.82, 2.24) is 15.5 Å². The Morgan fingerprint density at radius 2 is 2.00 bits per heavy atom. The predicted molar refractivity (Wildman–Crippen MR) is 92.9 cm³/mol. The highest BCUT2D eigenvalue weighted by Gasteiger charge is 2.16. The first-order valence-corrected chi connectivity index (χ1v) is 8.46. The average Bonchev–Trinajstić information content (AvgIpc) is 2.57. The number of benzene rings is 1. The Kier molecular flexibility index (Phi) is 9.35. The molecular formula is C16H25N3O3S. The molecular weight excluding hydrogens is 314 g/mol. The SMILES string of the molecule is CNCCN(C)C(=O)c1ccccc1SCC(=O)NCCOC. The first-order chi connectivity index (χ1) is 11.1. The van der Waals surface area contributed by atoms with Crippen molar-refractivity contribution in [2.45, 2.75) is 4.90 Å². The van der Waals surface area contributed by atoms with Gasteiger partial charge < -0.3 is 20.3 Å². The van der Waals surface area contributed by atoms with Crippen molar-refractivity contribution >= 4 is 23.6 Å². The zero-order chi connectivity index (χ0) is 17.1. The maximum atomic E-state index is 12.5. The highest BCUT2D eigenvalue weighted by molar-refractivity contribution is 8.00. The first-order valence-electron chi connectivity index (χ1n) is 7.47. The van der Waals surface area contributed by atoms with Gasteiger partial charge >= 0.3 is 0 Å². The molecule has 0 atom stereocenters. The molecule has 6 nitrogen and oxygen atoms in total. The molecule has 0 unspecified atom stereocenters. The Labute approximate surface area is 142 Å². The number of carbonyl (C=O) groups excluding carboxylic acids is 2. The fourth-order valence-corrected chi connectivity index (χ4v) is 2.72. The Morgan fingerprint density at radius 3 is 2.70 bits per heavy atom. The van der Waals surface area contributed by atoms with Crippen LogP contribution in [0.25, 0.3) is 0 Å². The third kappa shape index (κ3) is 7.02. The summed E-state index contributed by atoms with van der Waals surface area (Å²) in [6.07, 6.45) is 0. The van der Waals surface area contributed by atoms with Crippen molar-refractivity contribution in [1.29, 1.82) is 0 Å². The van der Waals surface area contributed by atoms with Gasteiger partial charge in [-0.3, -0.25) is 9.59 Å². The van der Waals surface area contributed by atoms with E-state index in [1.165, 1.54) is 11.8 Å². The number of amides is 2. The van der Waals surface area contributed by atoms with Crippen molar-refractivity contribution in [3.8, 4) is 0 Å². The number of nitrogens with zero attached hydrogens (tertiary/aromatic N) is 1. The van der Waals surface area contributed by atoms with E-state index in [0.717, 1.165) is 11.4 Å². The second-order valence-electron chi connectivity index (χ2n) is 4.96. The predicted octanol–water partition coefficient (Wildman–Crippen LogP) is 0.833. The molecule has 0 aromatic heterocycles. The van der Waals surface area contributed by atoms with Crippen molar-refractivity contribution in [3.63, 3.8) is 0 Å². The minimum Gasteiger partial charge on any atom is -0.383 e. The van der Waals surface area contributed by atoms with Crippen LogP contribution in [0.1, 0.15) is 10.4 Å². The molecule has 0 fully saturated rings. The molecule has 7 heteroatoms. The van der Waals surface area contributed by atoms with Gasteiger partial charge in [-0.05, 0) is 19.2 Å². The number of ether oxygens (including phenoxy) is 1. The van der Waals surface area contributed by atoms with Crippen LogP contribution in [0, 0.1) is 0 Å². The van der Waals surface area contributed by atoms with Crippen LogP contribution in [0.5, 0.6) is 0 Å². The van der Waals surface area contributed by atoms with Gasteiger partial charge in [-0.2, -0.15) is 0 Å². The molecule has 0 aliphatic rings. The van der Waals surface area contributed by atoms with Crippen molar-refractivity contribution in [2.75, 3.05) is 53.2 Å². The zero-order valence-electron chi connectivity index (χ0n) is 13.9. The fraction of sp³-hybridized carbons (Fsp3) is 0.500. The molecule has 0 radical (unpaired) electrons. The largest absolute Gasteiger partial charge is 0.383 e. The third-order valence-corrected chi connectivity index (χ3v) is 4.22. The topological polar surface area (TPSA) is 70.7 Å². The summed E-state index contributed by atoms with van der Waals surface area (Å²) in [4.78, 5) is 26.7. The van der Waals surface area contributed by atoms with Gasteiger partial charge in [0.1, 0.15) is 0 Å². The van der Waals surface area contributed by atoms with E-state index in [1.54, 1.807) is 25.1 Å². The van der Waals surface area contributed by atoms with Crippen LogP contribution in [0.15, 0.2) is 29.2 Å². The summed E-state index contributed by atoms with van der Waals surface area (Å²) >= 11 is 1.37. The Balaban J connectivity index is 2.63. The van der Waals surface area contributed by atoms with Crippen LogP contribution in [0.3, 0.4) is 0 Å². The van der Waals surface area contributed by atoms with Crippen LogP contribution < -0.4 is 10.6 Å². The number of hydrogen-bond donors (Lipinski definition) is 2. The van der Waals surface area contributed by atoms with E-state index in [4.69, 9.17) is 4.74 Å². The molecule has 1 aromatic carbocycles. The molecule has 0 saturated carbocycles. The van der Waals surface area contributed by atoms with Gasteiger partial charge in [0.15, 0.2) is 0 Å². The lowest BCUT2D eigenvalue weighted by Crippen LogP contribution is -2.33. The summed E-state index contributed by atoms with van der Waals surface area (Å²) in [6.45, 7) is 2.34. The molecule has 0 saturated heterocycles. The molecule has 23 heavy (non-hydrogen) atoms. The number of carbonyl (C=O) groups is 2. The normalized spacial score (nSPS) is 10.4. The molecule has 0 bridgehead atoms. The summed E-state index contributed by atoms with van der Waals surface area (Å²) < 4.78 is 4.89. The quantitative estimate of drug-likeness (QED) is 0.488. The summed E-state index contributed by atoms with van der Waals surface area (Å²) in [5.74, 6) is 0.162. The zero-order valence-corrected chi connectivity index (χ0v) is 14.7. The van der Waals surface area contributed by atoms with Gasteiger partial charge in [0.2, 0.25) is 5.91 Å². The molecule has 2 N–H and O–H groups in total. The van der Waals surface area contributed by atoms with Gasteiger partial charge in [-0.15, -0.1) is 11.8 Å². The maximum Gasteiger partial charge on any atom is 0.254 e. The molecule has 128 valence electrons. The number of rotatable bonds is 10.